The molecule has 2 aliphatic rings. The molecule has 0 atom stereocenters. The van der Waals surface area contributed by atoms with Crippen LogP contribution in [0.2, 0.25) is 0 Å². The lowest BCUT2D eigenvalue weighted by molar-refractivity contribution is -0.141. The van der Waals surface area contributed by atoms with Gasteiger partial charge in [-0.25, -0.2) is 0 Å². The molecule has 0 unspecified atom stereocenters. The molecular weight excluding hydrogens is 424 g/mol. The first kappa shape index (κ1) is 24.5. The Labute approximate surface area is 204 Å². The second-order valence-corrected chi connectivity index (χ2v) is 10.7. The van der Waals surface area contributed by atoms with Gasteiger partial charge in [0.1, 0.15) is 11.5 Å². The van der Waals surface area contributed by atoms with E-state index in [1.165, 1.54) is 0 Å². The summed E-state index contributed by atoms with van der Waals surface area (Å²) in [5.74, 6) is 2.46. The quantitative estimate of drug-likeness (QED) is 0.342. The minimum atomic E-state index is -0.103. The number of benzene rings is 2. The molecule has 182 valence electrons. The standard InChI is InChI=1S/C30H38O4/c1-19-5-9-23(10-6-19)29(31)33-25-13-15-27(21(3)17-25)28-16-14-26(18-22(28)4)34-30(32)24-11-7-20(2)8-12-24/h13-20,23-24H,5-12H2,1-4H3/t19-,20-,23-,24-. The molecule has 2 aromatic rings. The minimum Gasteiger partial charge on any atom is -0.426 e. The van der Waals surface area contributed by atoms with Crippen LogP contribution in [0.5, 0.6) is 11.5 Å². The molecule has 2 aliphatic carbocycles. The first-order valence-corrected chi connectivity index (χ1v) is 12.9. The Bertz CT molecular complexity index is 941. The smallest absolute Gasteiger partial charge is 0.314 e. The number of esters is 2. The largest absolute Gasteiger partial charge is 0.426 e. The van der Waals surface area contributed by atoms with Crippen LogP contribution in [0.1, 0.15) is 76.3 Å². The van der Waals surface area contributed by atoms with Gasteiger partial charge >= 0.3 is 11.9 Å². The molecule has 0 bridgehead atoms. The molecule has 2 aromatic carbocycles. The summed E-state index contributed by atoms with van der Waals surface area (Å²) >= 11 is 0. The molecule has 0 aromatic heterocycles. The fraction of sp³-hybridized carbons (Fsp3) is 0.533. The number of rotatable bonds is 5. The van der Waals surface area contributed by atoms with E-state index in [9.17, 15) is 9.59 Å². The highest BCUT2D eigenvalue weighted by Gasteiger charge is 2.27. The summed E-state index contributed by atoms with van der Waals surface area (Å²) < 4.78 is 11.4. The van der Waals surface area contributed by atoms with Gasteiger partial charge in [0, 0.05) is 0 Å². The van der Waals surface area contributed by atoms with Gasteiger partial charge in [0.25, 0.3) is 0 Å². The van der Waals surface area contributed by atoms with Crippen molar-refractivity contribution >= 4 is 11.9 Å². The number of hydrogen-bond acceptors (Lipinski definition) is 4. The zero-order valence-electron chi connectivity index (χ0n) is 21.1. The van der Waals surface area contributed by atoms with E-state index >= 15 is 0 Å². The third kappa shape index (κ3) is 5.89. The van der Waals surface area contributed by atoms with Gasteiger partial charge in [0.05, 0.1) is 11.8 Å². The van der Waals surface area contributed by atoms with Crippen molar-refractivity contribution < 1.29 is 19.1 Å². The van der Waals surface area contributed by atoms with Crippen LogP contribution in [0.25, 0.3) is 11.1 Å². The number of aryl methyl sites for hydroxylation is 2. The van der Waals surface area contributed by atoms with Crippen LogP contribution in [0.3, 0.4) is 0 Å². The molecule has 0 aliphatic heterocycles. The van der Waals surface area contributed by atoms with E-state index in [1.54, 1.807) is 0 Å². The van der Waals surface area contributed by atoms with Crippen molar-refractivity contribution in [2.75, 3.05) is 0 Å². The fourth-order valence-corrected chi connectivity index (χ4v) is 5.39. The zero-order chi connectivity index (χ0) is 24.2. The van der Waals surface area contributed by atoms with Crippen molar-refractivity contribution in [3.63, 3.8) is 0 Å². The van der Waals surface area contributed by atoms with Gasteiger partial charge in [-0.2, -0.15) is 0 Å². The molecule has 0 spiro atoms. The van der Waals surface area contributed by atoms with E-state index in [0.717, 1.165) is 73.6 Å². The summed E-state index contributed by atoms with van der Waals surface area (Å²) in [7, 11) is 0. The van der Waals surface area contributed by atoms with Gasteiger partial charge in [-0.15, -0.1) is 0 Å². The van der Waals surface area contributed by atoms with Crippen LogP contribution in [0.15, 0.2) is 36.4 Å². The molecule has 2 saturated carbocycles. The normalized spacial score (nSPS) is 24.9. The van der Waals surface area contributed by atoms with E-state index in [1.807, 2.05) is 50.2 Å². The van der Waals surface area contributed by atoms with Gasteiger partial charge in [-0.05, 0) is 124 Å². The Kier molecular flexibility index (Phi) is 7.75. The summed E-state index contributed by atoms with van der Waals surface area (Å²) in [6.07, 6.45) is 8.09. The van der Waals surface area contributed by atoms with E-state index in [0.29, 0.717) is 23.3 Å². The van der Waals surface area contributed by atoms with Crippen molar-refractivity contribution in [2.45, 2.75) is 79.1 Å². The lowest BCUT2D eigenvalue weighted by Gasteiger charge is -2.24. The SMILES string of the molecule is Cc1cc(OC(=O)[C@H]2CC[C@H](C)CC2)ccc1-c1ccc(OC(=O)[C@H]2CC[C@H](C)CC2)cc1C. The van der Waals surface area contributed by atoms with Crippen LogP contribution >= 0.6 is 0 Å². The van der Waals surface area contributed by atoms with E-state index in [4.69, 9.17) is 9.47 Å². The number of ether oxygens (including phenoxy) is 2. The van der Waals surface area contributed by atoms with Crippen molar-refractivity contribution in [3.05, 3.63) is 47.5 Å². The Balaban J connectivity index is 1.40. The highest BCUT2D eigenvalue weighted by Crippen LogP contribution is 2.34. The highest BCUT2D eigenvalue weighted by atomic mass is 16.5. The van der Waals surface area contributed by atoms with E-state index in [2.05, 4.69) is 13.8 Å². The van der Waals surface area contributed by atoms with Crippen molar-refractivity contribution in [2.24, 2.45) is 23.7 Å². The second-order valence-electron chi connectivity index (χ2n) is 10.7. The van der Waals surface area contributed by atoms with Crippen LogP contribution < -0.4 is 9.47 Å². The van der Waals surface area contributed by atoms with Crippen molar-refractivity contribution in [1.29, 1.82) is 0 Å². The average Bonchev–Trinajstić information content (AvgIpc) is 2.80. The predicted molar refractivity (Wildman–Crippen MR) is 135 cm³/mol. The molecule has 4 rings (SSSR count). The summed E-state index contributed by atoms with van der Waals surface area (Å²) in [4.78, 5) is 25.2. The summed E-state index contributed by atoms with van der Waals surface area (Å²) in [5, 5.41) is 0. The van der Waals surface area contributed by atoms with E-state index < -0.39 is 0 Å². The molecule has 0 saturated heterocycles. The molecule has 2 fully saturated rings. The van der Waals surface area contributed by atoms with Gasteiger partial charge in [-0.1, -0.05) is 26.0 Å². The molecule has 0 radical (unpaired) electrons. The number of hydrogen-bond donors (Lipinski definition) is 0. The lowest BCUT2D eigenvalue weighted by atomic mass is 9.83. The van der Waals surface area contributed by atoms with Crippen molar-refractivity contribution in [3.8, 4) is 22.6 Å². The second kappa shape index (κ2) is 10.8. The summed E-state index contributed by atoms with van der Waals surface area (Å²) in [5.41, 5.74) is 4.27. The molecule has 4 heteroatoms. The zero-order valence-corrected chi connectivity index (χ0v) is 21.1. The van der Waals surface area contributed by atoms with Crippen molar-refractivity contribution in [1.82, 2.24) is 0 Å². The van der Waals surface area contributed by atoms with Gasteiger partial charge in [0.15, 0.2) is 0 Å². The molecule has 0 amide bonds. The molecular formula is C30H38O4. The Morgan fingerprint density at radius 2 is 0.971 bits per heavy atom. The Morgan fingerprint density at radius 3 is 1.29 bits per heavy atom. The number of carbonyl (C=O) groups excluding carboxylic acids is 2. The van der Waals surface area contributed by atoms with Gasteiger partial charge in [-0.3, -0.25) is 9.59 Å². The first-order chi connectivity index (χ1) is 16.3. The average molecular weight is 463 g/mol. The third-order valence-electron chi connectivity index (χ3n) is 7.82. The summed E-state index contributed by atoms with van der Waals surface area (Å²) in [6.45, 7) is 8.57. The van der Waals surface area contributed by atoms with Crippen LogP contribution in [0, 0.1) is 37.5 Å². The third-order valence-corrected chi connectivity index (χ3v) is 7.82. The van der Waals surface area contributed by atoms with Crippen LogP contribution in [0.4, 0.5) is 0 Å². The Hall–Kier alpha value is -2.62. The van der Waals surface area contributed by atoms with Gasteiger partial charge < -0.3 is 9.47 Å². The number of carbonyl (C=O) groups is 2. The maximum Gasteiger partial charge on any atom is 0.314 e. The molecule has 34 heavy (non-hydrogen) atoms. The molecule has 4 nitrogen and oxygen atoms in total. The first-order valence-electron chi connectivity index (χ1n) is 12.9. The van der Waals surface area contributed by atoms with Crippen LogP contribution in [-0.4, -0.2) is 11.9 Å². The fourth-order valence-electron chi connectivity index (χ4n) is 5.39. The monoisotopic (exact) mass is 462 g/mol. The summed E-state index contributed by atoms with van der Waals surface area (Å²) in [6, 6.07) is 11.7. The lowest BCUT2D eigenvalue weighted by Crippen LogP contribution is -2.25. The van der Waals surface area contributed by atoms with E-state index in [-0.39, 0.29) is 23.8 Å². The Morgan fingerprint density at radius 1 is 0.618 bits per heavy atom. The predicted octanol–water partition coefficient (Wildman–Crippen LogP) is 7.43. The molecule has 0 heterocycles. The maximum atomic E-state index is 12.6. The van der Waals surface area contributed by atoms with Gasteiger partial charge in [0.2, 0.25) is 0 Å². The van der Waals surface area contributed by atoms with Crippen LogP contribution in [-0.2, 0) is 9.59 Å². The topological polar surface area (TPSA) is 52.6 Å². The maximum absolute atomic E-state index is 12.6. The highest BCUT2D eigenvalue weighted by molar-refractivity contribution is 5.78. The minimum absolute atomic E-state index is 0.0192. The molecule has 0 N–H and O–H groups in total.